The number of fused-ring (bicyclic) bond motifs is 1. The van der Waals surface area contributed by atoms with Gasteiger partial charge < -0.3 is 14.8 Å². The fourth-order valence-electron chi connectivity index (χ4n) is 2.95. The summed E-state index contributed by atoms with van der Waals surface area (Å²) in [5, 5.41) is 2.93. The highest BCUT2D eigenvalue weighted by Gasteiger charge is 2.21. The van der Waals surface area contributed by atoms with Crippen molar-refractivity contribution in [2.45, 2.75) is 11.5 Å². The number of halogens is 1. The largest absolute Gasteiger partial charge is 0.493 e. The first kappa shape index (κ1) is 19.6. The van der Waals surface area contributed by atoms with Crippen molar-refractivity contribution >= 4 is 45.4 Å². The standard InChI is InChI=1S/C23H18BrNO3S/c1-27-19-12-16(11-17(24)22(19)28-14-15-7-3-2-4-8-15)13-21-23(26)25-18-9-5-6-10-20(18)29-21/h2-13H,14H2,1H3,(H,25,26)/b21-13-. The molecule has 0 fully saturated rings. The molecular weight excluding hydrogens is 450 g/mol. The molecule has 0 saturated heterocycles. The first-order valence-corrected chi connectivity index (χ1v) is 10.6. The molecule has 4 nitrogen and oxygen atoms in total. The molecule has 0 saturated carbocycles. The number of amides is 1. The zero-order valence-corrected chi connectivity index (χ0v) is 18.0. The molecule has 146 valence electrons. The summed E-state index contributed by atoms with van der Waals surface area (Å²) in [4.78, 5) is 14.1. The molecule has 0 aromatic heterocycles. The molecule has 1 N–H and O–H groups in total. The molecular formula is C23H18BrNO3S. The molecule has 1 amide bonds. The van der Waals surface area contributed by atoms with Gasteiger partial charge in [-0.2, -0.15) is 0 Å². The van der Waals surface area contributed by atoms with Crippen LogP contribution >= 0.6 is 27.7 Å². The number of rotatable bonds is 5. The molecule has 4 rings (SSSR count). The number of hydrogen-bond donors (Lipinski definition) is 1. The maximum Gasteiger partial charge on any atom is 0.262 e. The minimum Gasteiger partial charge on any atom is -0.493 e. The van der Waals surface area contributed by atoms with Gasteiger partial charge in [-0.25, -0.2) is 0 Å². The van der Waals surface area contributed by atoms with Crippen molar-refractivity contribution in [1.29, 1.82) is 0 Å². The summed E-state index contributed by atoms with van der Waals surface area (Å²) in [5.41, 5.74) is 2.75. The lowest BCUT2D eigenvalue weighted by atomic mass is 10.1. The van der Waals surface area contributed by atoms with Crippen molar-refractivity contribution in [1.82, 2.24) is 0 Å². The topological polar surface area (TPSA) is 47.6 Å². The molecule has 6 heteroatoms. The van der Waals surface area contributed by atoms with Crippen LogP contribution < -0.4 is 14.8 Å². The number of ether oxygens (including phenoxy) is 2. The Kier molecular flexibility index (Phi) is 5.92. The normalized spacial score (nSPS) is 14.3. The Morgan fingerprint density at radius 3 is 2.62 bits per heavy atom. The van der Waals surface area contributed by atoms with Crippen molar-refractivity contribution in [2.75, 3.05) is 12.4 Å². The Balaban J connectivity index is 1.60. The molecule has 29 heavy (non-hydrogen) atoms. The van der Waals surface area contributed by atoms with Crippen LogP contribution in [0.1, 0.15) is 11.1 Å². The summed E-state index contributed by atoms with van der Waals surface area (Å²) >= 11 is 5.03. The van der Waals surface area contributed by atoms with Crippen LogP contribution in [0.2, 0.25) is 0 Å². The van der Waals surface area contributed by atoms with Gasteiger partial charge in [0, 0.05) is 4.90 Å². The minimum atomic E-state index is -0.117. The molecule has 0 bridgehead atoms. The lowest BCUT2D eigenvalue weighted by molar-refractivity contribution is -0.112. The van der Waals surface area contributed by atoms with E-state index in [4.69, 9.17) is 9.47 Å². The SMILES string of the molecule is COc1cc(/C=C2\Sc3ccccc3NC2=O)cc(Br)c1OCc1ccccc1. The summed E-state index contributed by atoms with van der Waals surface area (Å²) in [6, 6.07) is 21.5. The van der Waals surface area contributed by atoms with Crippen LogP contribution in [0.5, 0.6) is 11.5 Å². The van der Waals surface area contributed by atoms with E-state index in [0.717, 1.165) is 26.2 Å². The average molecular weight is 468 g/mol. The van der Waals surface area contributed by atoms with Crippen LogP contribution in [0.4, 0.5) is 5.69 Å². The summed E-state index contributed by atoms with van der Waals surface area (Å²) in [7, 11) is 1.60. The zero-order valence-electron chi connectivity index (χ0n) is 15.6. The summed E-state index contributed by atoms with van der Waals surface area (Å²) in [6.07, 6.45) is 1.85. The lowest BCUT2D eigenvalue weighted by Gasteiger charge is -2.18. The van der Waals surface area contributed by atoms with E-state index < -0.39 is 0 Å². The summed E-state index contributed by atoms with van der Waals surface area (Å²) in [5.74, 6) is 1.11. The van der Waals surface area contributed by atoms with Gasteiger partial charge in [-0.15, -0.1) is 0 Å². The number of methoxy groups -OCH3 is 1. The average Bonchev–Trinajstić information content (AvgIpc) is 2.74. The fourth-order valence-corrected chi connectivity index (χ4v) is 4.47. The second-order valence-corrected chi connectivity index (χ2v) is 8.31. The Labute approximate surface area is 182 Å². The highest BCUT2D eigenvalue weighted by atomic mass is 79.9. The summed E-state index contributed by atoms with van der Waals surface area (Å²) < 4.78 is 12.3. The second-order valence-electron chi connectivity index (χ2n) is 6.37. The van der Waals surface area contributed by atoms with E-state index in [9.17, 15) is 4.79 Å². The molecule has 3 aromatic carbocycles. The maximum absolute atomic E-state index is 12.5. The van der Waals surface area contributed by atoms with Gasteiger partial charge in [0.15, 0.2) is 11.5 Å². The minimum absolute atomic E-state index is 0.117. The molecule has 3 aromatic rings. The Morgan fingerprint density at radius 2 is 1.83 bits per heavy atom. The van der Waals surface area contributed by atoms with Crippen LogP contribution in [-0.2, 0) is 11.4 Å². The number of anilines is 1. The summed E-state index contributed by atoms with van der Waals surface area (Å²) in [6.45, 7) is 0.436. The monoisotopic (exact) mass is 467 g/mol. The highest BCUT2D eigenvalue weighted by molar-refractivity contribution is 9.10. The molecule has 1 heterocycles. The number of nitrogens with one attached hydrogen (secondary N) is 1. The molecule has 0 aliphatic carbocycles. The first-order chi connectivity index (χ1) is 14.1. The third-order valence-corrected chi connectivity index (χ3v) is 6.04. The van der Waals surface area contributed by atoms with Crippen molar-refractivity contribution in [2.24, 2.45) is 0 Å². The lowest BCUT2D eigenvalue weighted by Crippen LogP contribution is -2.17. The van der Waals surface area contributed by atoms with E-state index in [1.54, 1.807) is 7.11 Å². The zero-order chi connectivity index (χ0) is 20.2. The van der Waals surface area contributed by atoms with Gasteiger partial charge >= 0.3 is 0 Å². The van der Waals surface area contributed by atoms with E-state index in [1.165, 1.54) is 11.8 Å². The first-order valence-electron chi connectivity index (χ1n) is 8.98. The second kappa shape index (κ2) is 8.76. The quantitative estimate of drug-likeness (QED) is 0.459. The van der Waals surface area contributed by atoms with Crippen LogP contribution in [0.25, 0.3) is 6.08 Å². The fraction of sp³-hybridized carbons (Fsp3) is 0.0870. The number of para-hydroxylation sites is 1. The van der Waals surface area contributed by atoms with Crippen LogP contribution in [0.15, 0.2) is 81.0 Å². The van der Waals surface area contributed by atoms with Crippen molar-refractivity contribution in [3.8, 4) is 11.5 Å². The smallest absolute Gasteiger partial charge is 0.262 e. The van der Waals surface area contributed by atoms with Gasteiger partial charge in [0.1, 0.15) is 6.61 Å². The van der Waals surface area contributed by atoms with E-state index in [0.29, 0.717) is 23.0 Å². The highest BCUT2D eigenvalue weighted by Crippen LogP contribution is 2.41. The third kappa shape index (κ3) is 4.49. The van der Waals surface area contributed by atoms with Crippen molar-refractivity contribution in [3.63, 3.8) is 0 Å². The predicted octanol–water partition coefficient (Wildman–Crippen LogP) is 6.12. The van der Waals surface area contributed by atoms with Gasteiger partial charge in [-0.3, -0.25) is 4.79 Å². The molecule has 0 atom stereocenters. The molecule has 1 aliphatic heterocycles. The van der Waals surface area contributed by atoms with Gasteiger partial charge in [0.2, 0.25) is 0 Å². The van der Waals surface area contributed by atoms with Gasteiger partial charge in [-0.1, -0.05) is 54.2 Å². The number of benzene rings is 3. The number of carbonyl (C=O) groups is 1. The van der Waals surface area contributed by atoms with Crippen LogP contribution in [0.3, 0.4) is 0 Å². The van der Waals surface area contributed by atoms with E-state index >= 15 is 0 Å². The maximum atomic E-state index is 12.5. The molecule has 0 unspecified atom stereocenters. The van der Waals surface area contributed by atoms with Crippen LogP contribution in [-0.4, -0.2) is 13.0 Å². The van der Waals surface area contributed by atoms with Crippen molar-refractivity contribution in [3.05, 3.63) is 87.2 Å². The molecule has 1 aliphatic rings. The Bertz CT molecular complexity index is 1080. The van der Waals surface area contributed by atoms with E-state index in [-0.39, 0.29) is 5.91 Å². The van der Waals surface area contributed by atoms with E-state index in [1.807, 2.05) is 72.8 Å². The molecule has 0 spiro atoms. The number of thioether (sulfide) groups is 1. The number of carbonyl (C=O) groups excluding carboxylic acids is 1. The van der Waals surface area contributed by atoms with Crippen LogP contribution in [0, 0.1) is 0 Å². The Hall–Kier alpha value is -2.70. The molecule has 0 radical (unpaired) electrons. The van der Waals surface area contributed by atoms with E-state index in [2.05, 4.69) is 21.2 Å². The van der Waals surface area contributed by atoms with Gasteiger partial charge in [0.05, 0.1) is 22.2 Å². The van der Waals surface area contributed by atoms with Crippen molar-refractivity contribution < 1.29 is 14.3 Å². The van der Waals surface area contributed by atoms with Gasteiger partial charge in [-0.05, 0) is 57.4 Å². The Morgan fingerprint density at radius 1 is 1.07 bits per heavy atom. The predicted molar refractivity (Wildman–Crippen MR) is 120 cm³/mol. The van der Waals surface area contributed by atoms with Gasteiger partial charge in [0.25, 0.3) is 5.91 Å². The number of hydrogen-bond acceptors (Lipinski definition) is 4. The third-order valence-electron chi connectivity index (χ3n) is 4.35.